The Balaban J connectivity index is 2.08. The summed E-state index contributed by atoms with van der Waals surface area (Å²) in [6, 6.07) is 9.24. The van der Waals surface area contributed by atoms with Crippen molar-refractivity contribution in [2.75, 3.05) is 7.11 Å². The van der Waals surface area contributed by atoms with E-state index in [0.29, 0.717) is 0 Å². The topological polar surface area (TPSA) is 112 Å². The molecule has 0 atom stereocenters. The van der Waals surface area contributed by atoms with E-state index < -0.39 is 17.5 Å². The average Bonchev–Trinajstić information content (AvgIpc) is 3.05. The van der Waals surface area contributed by atoms with Crippen LogP contribution in [0.4, 0.5) is 0 Å². The Morgan fingerprint density at radius 1 is 1.21 bits per heavy atom. The molecule has 122 valence electrons. The van der Waals surface area contributed by atoms with Crippen LogP contribution in [0, 0.1) is 0 Å². The number of carbonyl (C=O) groups is 2. The van der Waals surface area contributed by atoms with E-state index in [1.807, 2.05) is 0 Å². The van der Waals surface area contributed by atoms with Crippen molar-refractivity contribution in [1.82, 2.24) is 9.78 Å². The number of furan rings is 1. The van der Waals surface area contributed by atoms with Crippen LogP contribution in [-0.2, 0) is 11.3 Å². The molecule has 1 aromatic carbocycles. The Kier molecular flexibility index (Phi) is 3.87. The summed E-state index contributed by atoms with van der Waals surface area (Å²) in [4.78, 5) is 35.3. The zero-order chi connectivity index (χ0) is 17.3. The van der Waals surface area contributed by atoms with Gasteiger partial charge in [0.05, 0.1) is 12.5 Å². The summed E-state index contributed by atoms with van der Waals surface area (Å²) in [5, 5.41) is 13.7. The first-order valence-electron chi connectivity index (χ1n) is 6.91. The van der Waals surface area contributed by atoms with Crippen LogP contribution in [0.5, 0.6) is 0 Å². The van der Waals surface area contributed by atoms with Gasteiger partial charge in [-0.15, -0.1) is 0 Å². The SMILES string of the molecule is COC(=O)c1ccc(Cn2nc(C(=O)O)c3ccccc3c2=O)o1. The predicted octanol–water partition coefficient (Wildman–Crippen LogP) is 1.52. The molecule has 0 aliphatic heterocycles. The number of fused-ring (bicyclic) bond motifs is 1. The molecule has 0 bridgehead atoms. The molecule has 0 aliphatic rings. The highest BCUT2D eigenvalue weighted by atomic mass is 16.5. The van der Waals surface area contributed by atoms with Crippen molar-refractivity contribution in [3.63, 3.8) is 0 Å². The number of rotatable bonds is 4. The quantitative estimate of drug-likeness (QED) is 0.723. The fraction of sp³-hybridized carbons (Fsp3) is 0.125. The lowest BCUT2D eigenvalue weighted by molar-refractivity contribution is 0.0562. The lowest BCUT2D eigenvalue weighted by atomic mass is 10.1. The first-order chi connectivity index (χ1) is 11.5. The molecule has 2 aromatic heterocycles. The molecule has 0 saturated carbocycles. The Bertz CT molecular complexity index is 1000. The molecule has 3 aromatic rings. The number of carboxylic acids is 1. The standard InChI is InChI=1S/C16H12N2O6/c1-23-16(22)12-7-6-9(24-12)8-18-14(19)11-5-3-2-4-10(11)13(17-18)15(20)21/h2-7H,8H2,1H3,(H,20,21). The number of esters is 1. The number of nitrogens with zero attached hydrogens (tertiary/aromatic N) is 2. The van der Waals surface area contributed by atoms with E-state index in [9.17, 15) is 19.5 Å². The second-order valence-electron chi connectivity index (χ2n) is 4.92. The number of aromatic nitrogens is 2. The normalized spacial score (nSPS) is 10.7. The van der Waals surface area contributed by atoms with Crippen molar-refractivity contribution in [2.24, 2.45) is 0 Å². The van der Waals surface area contributed by atoms with E-state index in [1.54, 1.807) is 12.1 Å². The second kappa shape index (κ2) is 5.99. The first-order valence-corrected chi connectivity index (χ1v) is 6.91. The smallest absolute Gasteiger partial charge is 0.373 e. The van der Waals surface area contributed by atoms with E-state index >= 15 is 0 Å². The monoisotopic (exact) mass is 328 g/mol. The number of aromatic carboxylic acids is 1. The summed E-state index contributed by atoms with van der Waals surface area (Å²) in [5.41, 5.74) is -0.684. The molecule has 8 nitrogen and oxygen atoms in total. The van der Waals surface area contributed by atoms with E-state index in [-0.39, 0.29) is 34.5 Å². The summed E-state index contributed by atoms with van der Waals surface area (Å²) in [7, 11) is 1.22. The maximum Gasteiger partial charge on any atom is 0.373 e. The fourth-order valence-electron chi connectivity index (χ4n) is 2.32. The zero-order valence-corrected chi connectivity index (χ0v) is 12.6. The molecule has 0 fully saturated rings. The van der Waals surface area contributed by atoms with Crippen molar-refractivity contribution < 1.29 is 23.8 Å². The molecule has 0 amide bonds. The summed E-state index contributed by atoms with van der Waals surface area (Å²) >= 11 is 0. The number of carboxylic acid groups (broad SMARTS) is 1. The highest BCUT2D eigenvalue weighted by Gasteiger charge is 2.17. The van der Waals surface area contributed by atoms with Gasteiger partial charge in [0.25, 0.3) is 5.56 Å². The Hall–Kier alpha value is -3.42. The van der Waals surface area contributed by atoms with Gasteiger partial charge in [-0.05, 0) is 18.2 Å². The van der Waals surface area contributed by atoms with Gasteiger partial charge in [-0.25, -0.2) is 14.3 Å². The minimum atomic E-state index is -1.24. The predicted molar refractivity (Wildman–Crippen MR) is 82.1 cm³/mol. The Morgan fingerprint density at radius 2 is 1.92 bits per heavy atom. The molecule has 2 heterocycles. The summed E-state index contributed by atoms with van der Waals surface area (Å²) in [6.45, 7) is -0.110. The van der Waals surface area contributed by atoms with Crippen LogP contribution in [0.2, 0.25) is 0 Å². The Morgan fingerprint density at radius 3 is 2.58 bits per heavy atom. The van der Waals surface area contributed by atoms with Crippen LogP contribution < -0.4 is 5.56 Å². The molecule has 0 unspecified atom stereocenters. The van der Waals surface area contributed by atoms with Gasteiger partial charge in [-0.2, -0.15) is 5.10 Å². The van der Waals surface area contributed by atoms with E-state index in [2.05, 4.69) is 9.84 Å². The number of carbonyl (C=O) groups excluding carboxylic acids is 1. The summed E-state index contributed by atoms with van der Waals surface area (Å²) in [5.74, 6) is -1.63. The van der Waals surface area contributed by atoms with Crippen LogP contribution >= 0.6 is 0 Å². The molecule has 8 heteroatoms. The lowest BCUT2D eigenvalue weighted by Crippen LogP contribution is -2.26. The third kappa shape index (κ3) is 2.65. The minimum absolute atomic E-state index is 0.0141. The molecule has 0 saturated heterocycles. The number of hydrogen-bond acceptors (Lipinski definition) is 6. The maximum atomic E-state index is 12.5. The van der Waals surface area contributed by atoms with Crippen LogP contribution in [-0.4, -0.2) is 33.9 Å². The molecule has 0 aliphatic carbocycles. The van der Waals surface area contributed by atoms with Crippen LogP contribution in [0.25, 0.3) is 10.8 Å². The van der Waals surface area contributed by atoms with Gasteiger partial charge in [-0.3, -0.25) is 4.79 Å². The average molecular weight is 328 g/mol. The van der Waals surface area contributed by atoms with Crippen LogP contribution in [0.15, 0.2) is 45.6 Å². The van der Waals surface area contributed by atoms with Gasteiger partial charge in [0.2, 0.25) is 5.76 Å². The van der Waals surface area contributed by atoms with Gasteiger partial charge in [-0.1, -0.05) is 18.2 Å². The highest BCUT2D eigenvalue weighted by molar-refractivity contribution is 6.01. The fourth-order valence-corrected chi connectivity index (χ4v) is 2.32. The van der Waals surface area contributed by atoms with Gasteiger partial charge in [0.15, 0.2) is 5.69 Å². The molecule has 0 radical (unpaired) electrons. The molecular weight excluding hydrogens is 316 g/mol. The molecule has 24 heavy (non-hydrogen) atoms. The molecular formula is C16H12N2O6. The van der Waals surface area contributed by atoms with Gasteiger partial charge in [0.1, 0.15) is 12.3 Å². The molecule has 3 rings (SSSR count). The van der Waals surface area contributed by atoms with E-state index in [0.717, 1.165) is 4.68 Å². The van der Waals surface area contributed by atoms with Crippen molar-refractivity contribution in [3.8, 4) is 0 Å². The number of hydrogen-bond donors (Lipinski definition) is 1. The highest BCUT2D eigenvalue weighted by Crippen LogP contribution is 2.15. The maximum absolute atomic E-state index is 12.5. The number of ether oxygens (including phenoxy) is 1. The van der Waals surface area contributed by atoms with Crippen molar-refractivity contribution >= 4 is 22.7 Å². The second-order valence-corrected chi connectivity index (χ2v) is 4.92. The van der Waals surface area contributed by atoms with Crippen molar-refractivity contribution in [2.45, 2.75) is 6.54 Å². The minimum Gasteiger partial charge on any atom is -0.476 e. The van der Waals surface area contributed by atoms with E-state index in [1.165, 1.54) is 31.4 Å². The van der Waals surface area contributed by atoms with Crippen LogP contribution in [0.3, 0.4) is 0 Å². The van der Waals surface area contributed by atoms with Crippen molar-refractivity contribution in [1.29, 1.82) is 0 Å². The largest absolute Gasteiger partial charge is 0.476 e. The molecule has 1 N–H and O–H groups in total. The summed E-state index contributed by atoms with van der Waals surface area (Å²) < 4.78 is 10.8. The summed E-state index contributed by atoms with van der Waals surface area (Å²) in [6.07, 6.45) is 0. The van der Waals surface area contributed by atoms with Gasteiger partial charge >= 0.3 is 11.9 Å². The van der Waals surface area contributed by atoms with Crippen LogP contribution in [0.1, 0.15) is 26.8 Å². The van der Waals surface area contributed by atoms with Gasteiger partial charge < -0.3 is 14.3 Å². The lowest BCUT2D eigenvalue weighted by Gasteiger charge is -2.07. The zero-order valence-electron chi connectivity index (χ0n) is 12.6. The third-order valence-electron chi connectivity index (χ3n) is 3.42. The number of methoxy groups -OCH3 is 1. The Labute approximate surface area is 134 Å². The van der Waals surface area contributed by atoms with Crippen molar-refractivity contribution in [3.05, 3.63) is 64.0 Å². The van der Waals surface area contributed by atoms with E-state index in [4.69, 9.17) is 4.42 Å². The molecule has 0 spiro atoms. The van der Waals surface area contributed by atoms with Gasteiger partial charge in [0, 0.05) is 5.39 Å². The third-order valence-corrected chi connectivity index (χ3v) is 3.42. The first kappa shape index (κ1) is 15.5. The number of benzene rings is 1.